The van der Waals surface area contributed by atoms with E-state index < -0.39 is 6.04 Å². The Balaban J connectivity index is 1.46. The Morgan fingerprint density at radius 3 is 2.71 bits per heavy atom. The van der Waals surface area contributed by atoms with Gasteiger partial charge in [0, 0.05) is 24.6 Å². The molecule has 2 atom stereocenters. The predicted molar refractivity (Wildman–Crippen MR) is 148 cm³/mol. The fourth-order valence-corrected chi connectivity index (χ4v) is 6.00. The van der Waals surface area contributed by atoms with Crippen LogP contribution in [0.1, 0.15) is 40.5 Å². The van der Waals surface area contributed by atoms with Gasteiger partial charge < -0.3 is 15.0 Å². The number of hydrogen-bond acceptors (Lipinski definition) is 6. The van der Waals surface area contributed by atoms with E-state index in [-0.39, 0.29) is 24.5 Å². The standard InChI is InChI=1S/C29H33N5O3S/c1-20-8-3-4-9-22(20)13-15-33(26(35)19-34-25-12-6-5-11-24(25)31-32-34)27(28-21(2)14-17-38-28)29(36)30-18-23-10-7-16-37-23/h3-6,8-9,11-12,14,17,23,27H,7,10,13,15-16,18-19H2,1-2H3,(H,30,36). The van der Waals surface area contributed by atoms with Gasteiger partial charge in [0.05, 0.1) is 11.6 Å². The Morgan fingerprint density at radius 2 is 1.95 bits per heavy atom. The molecule has 1 aliphatic rings. The van der Waals surface area contributed by atoms with Crippen molar-refractivity contribution < 1.29 is 14.3 Å². The largest absolute Gasteiger partial charge is 0.376 e. The van der Waals surface area contributed by atoms with Crippen molar-refractivity contribution >= 4 is 34.2 Å². The van der Waals surface area contributed by atoms with Gasteiger partial charge in [-0.25, -0.2) is 4.68 Å². The third-order valence-corrected chi connectivity index (χ3v) is 8.22. The number of aryl methyl sites for hydroxylation is 2. The van der Waals surface area contributed by atoms with Gasteiger partial charge in [-0.1, -0.05) is 41.6 Å². The molecular weight excluding hydrogens is 498 g/mol. The molecule has 8 nitrogen and oxygen atoms in total. The molecule has 5 rings (SSSR count). The van der Waals surface area contributed by atoms with Crippen LogP contribution in [0.2, 0.25) is 0 Å². The quantitative estimate of drug-likeness (QED) is 0.331. The van der Waals surface area contributed by atoms with Crippen LogP contribution in [0.3, 0.4) is 0 Å². The zero-order valence-electron chi connectivity index (χ0n) is 21.8. The molecule has 2 unspecified atom stereocenters. The minimum atomic E-state index is -0.747. The number of benzene rings is 2. The molecule has 38 heavy (non-hydrogen) atoms. The summed E-state index contributed by atoms with van der Waals surface area (Å²) in [5.41, 5.74) is 4.82. The van der Waals surface area contributed by atoms with Crippen LogP contribution < -0.4 is 5.32 Å². The Kier molecular flexibility index (Phi) is 8.14. The van der Waals surface area contributed by atoms with Crippen molar-refractivity contribution in [2.75, 3.05) is 19.7 Å². The van der Waals surface area contributed by atoms with E-state index in [0.29, 0.717) is 19.5 Å². The number of para-hydroxylation sites is 1. The van der Waals surface area contributed by atoms with E-state index in [2.05, 4.69) is 34.7 Å². The first-order valence-corrected chi connectivity index (χ1v) is 13.9. The molecule has 0 saturated carbocycles. The number of hydrogen-bond donors (Lipinski definition) is 1. The highest BCUT2D eigenvalue weighted by Gasteiger charge is 2.34. The van der Waals surface area contributed by atoms with Crippen molar-refractivity contribution in [1.29, 1.82) is 0 Å². The normalized spacial score (nSPS) is 16.0. The second-order valence-corrected chi connectivity index (χ2v) is 10.7. The number of amides is 2. The van der Waals surface area contributed by atoms with Gasteiger partial charge in [0.2, 0.25) is 11.8 Å². The van der Waals surface area contributed by atoms with E-state index in [9.17, 15) is 9.59 Å². The molecular formula is C29H33N5O3S. The van der Waals surface area contributed by atoms with Gasteiger partial charge in [-0.15, -0.1) is 16.4 Å². The van der Waals surface area contributed by atoms with E-state index in [4.69, 9.17) is 4.74 Å². The average molecular weight is 532 g/mol. The van der Waals surface area contributed by atoms with Crippen LogP contribution in [0, 0.1) is 13.8 Å². The summed E-state index contributed by atoms with van der Waals surface area (Å²) in [6.07, 6.45) is 2.58. The van der Waals surface area contributed by atoms with Gasteiger partial charge in [-0.05, 0) is 73.4 Å². The van der Waals surface area contributed by atoms with E-state index in [1.165, 1.54) is 11.3 Å². The second-order valence-electron chi connectivity index (χ2n) is 9.75. The Hall–Kier alpha value is -3.56. The number of fused-ring (bicyclic) bond motifs is 1. The molecule has 3 heterocycles. The monoisotopic (exact) mass is 531 g/mol. The molecule has 4 aromatic rings. The first kappa shape index (κ1) is 26.1. The van der Waals surface area contributed by atoms with Gasteiger partial charge in [-0.2, -0.15) is 0 Å². The number of thiophene rings is 1. The molecule has 1 aliphatic heterocycles. The molecule has 1 N–H and O–H groups in total. The number of aromatic nitrogens is 3. The highest BCUT2D eigenvalue weighted by molar-refractivity contribution is 7.10. The summed E-state index contributed by atoms with van der Waals surface area (Å²) in [6.45, 7) is 5.60. The summed E-state index contributed by atoms with van der Waals surface area (Å²) in [7, 11) is 0. The summed E-state index contributed by atoms with van der Waals surface area (Å²) in [4.78, 5) is 30.4. The smallest absolute Gasteiger partial charge is 0.248 e. The van der Waals surface area contributed by atoms with Crippen molar-refractivity contribution in [3.8, 4) is 0 Å². The second kappa shape index (κ2) is 11.9. The maximum atomic E-state index is 14.0. The van der Waals surface area contributed by atoms with E-state index >= 15 is 0 Å². The number of carbonyl (C=O) groups excluding carboxylic acids is 2. The molecule has 0 aliphatic carbocycles. The van der Waals surface area contributed by atoms with Gasteiger partial charge in [0.25, 0.3) is 0 Å². The molecule has 2 amide bonds. The van der Waals surface area contributed by atoms with E-state index in [1.807, 2.05) is 54.8 Å². The van der Waals surface area contributed by atoms with Crippen LogP contribution in [0.25, 0.3) is 11.0 Å². The molecule has 1 saturated heterocycles. The minimum Gasteiger partial charge on any atom is -0.376 e. The van der Waals surface area contributed by atoms with Crippen LogP contribution in [-0.2, 0) is 27.3 Å². The highest BCUT2D eigenvalue weighted by Crippen LogP contribution is 2.30. The molecule has 0 radical (unpaired) electrons. The van der Waals surface area contributed by atoms with Crippen molar-refractivity contribution in [3.05, 3.63) is 81.5 Å². The highest BCUT2D eigenvalue weighted by atomic mass is 32.1. The molecule has 198 valence electrons. The van der Waals surface area contributed by atoms with Crippen molar-refractivity contribution in [2.45, 2.75) is 51.8 Å². The lowest BCUT2D eigenvalue weighted by Gasteiger charge is -2.31. The zero-order valence-corrected chi connectivity index (χ0v) is 22.6. The first-order chi connectivity index (χ1) is 18.5. The van der Waals surface area contributed by atoms with Crippen molar-refractivity contribution in [3.63, 3.8) is 0 Å². The van der Waals surface area contributed by atoms with Gasteiger partial charge in [-0.3, -0.25) is 9.59 Å². The Labute approximate surface area is 226 Å². The summed E-state index contributed by atoms with van der Waals surface area (Å²) in [5, 5.41) is 13.5. The topological polar surface area (TPSA) is 89.4 Å². The lowest BCUT2D eigenvalue weighted by atomic mass is 10.0. The molecule has 9 heteroatoms. The van der Waals surface area contributed by atoms with Crippen LogP contribution >= 0.6 is 11.3 Å². The lowest BCUT2D eigenvalue weighted by Crippen LogP contribution is -2.47. The maximum absolute atomic E-state index is 14.0. The maximum Gasteiger partial charge on any atom is 0.248 e. The van der Waals surface area contributed by atoms with E-state index in [1.54, 1.807) is 9.58 Å². The molecule has 0 spiro atoms. The van der Waals surface area contributed by atoms with Gasteiger partial charge in [0.15, 0.2) is 0 Å². The number of ether oxygens (including phenoxy) is 1. The molecule has 2 aromatic carbocycles. The Morgan fingerprint density at radius 1 is 1.13 bits per heavy atom. The summed E-state index contributed by atoms with van der Waals surface area (Å²) >= 11 is 1.50. The summed E-state index contributed by atoms with van der Waals surface area (Å²) in [6, 6.07) is 17.0. The summed E-state index contributed by atoms with van der Waals surface area (Å²) < 4.78 is 7.34. The number of rotatable bonds is 10. The number of carbonyl (C=O) groups is 2. The summed E-state index contributed by atoms with van der Waals surface area (Å²) in [5.74, 6) is -0.369. The van der Waals surface area contributed by atoms with Crippen molar-refractivity contribution in [1.82, 2.24) is 25.2 Å². The van der Waals surface area contributed by atoms with Gasteiger partial charge in [0.1, 0.15) is 18.1 Å². The zero-order chi connectivity index (χ0) is 26.5. The number of nitrogens with zero attached hydrogens (tertiary/aromatic N) is 4. The Bertz CT molecular complexity index is 1410. The molecule has 1 fully saturated rings. The fraction of sp³-hybridized carbons (Fsp3) is 0.379. The van der Waals surface area contributed by atoms with Crippen LogP contribution in [0.15, 0.2) is 60.0 Å². The van der Waals surface area contributed by atoms with Crippen LogP contribution in [0.4, 0.5) is 0 Å². The first-order valence-electron chi connectivity index (χ1n) is 13.1. The minimum absolute atomic E-state index is 0.00573. The van der Waals surface area contributed by atoms with E-state index in [0.717, 1.165) is 52.0 Å². The predicted octanol–water partition coefficient (Wildman–Crippen LogP) is 4.22. The van der Waals surface area contributed by atoms with Crippen LogP contribution in [0.5, 0.6) is 0 Å². The molecule has 0 bridgehead atoms. The van der Waals surface area contributed by atoms with Crippen LogP contribution in [-0.4, -0.2) is 57.5 Å². The molecule has 2 aromatic heterocycles. The third-order valence-electron chi connectivity index (χ3n) is 7.15. The SMILES string of the molecule is Cc1ccccc1CCN(C(=O)Cn1nnc2ccccc21)C(C(=O)NCC1CCCO1)c1sccc1C. The third kappa shape index (κ3) is 5.79. The van der Waals surface area contributed by atoms with Crippen molar-refractivity contribution in [2.24, 2.45) is 0 Å². The average Bonchev–Trinajstić information content (AvgIpc) is 3.68. The number of nitrogens with one attached hydrogen (secondary N) is 1. The van der Waals surface area contributed by atoms with Gasteiger partial charge >= 0.3 is 0 Å². The fourth-order valence-electron chi connectivity index (χ4n) is 4.97. The lowest BCUT2D eigenvalue weighted by molar-refractivity contribution is -0.141.